The first kappa shape index (κ1) is 16.5. The number of rotatable bonds is 3. The van der Waals surface area contributed by atoms with Gasteiger partial charge >= 0.3 is 0 Å². The van der Waals surface area contributed by atoms with Crippen LogP contribution >= 0.6 is 11.6 Å². The highest BCUT2D eigenvalue weighted by molar-refractivity contribution is 7.89. The summed E-state index contributed by atoms with van der Waals surface area (Å²) in [4.78, 5) is 2.45. The van der Waals surface area contributed by atoms with E-state index in [1.165, 1.54) is 10.4 Å². The van der Waals surface area contributed by atoms with Crippen molar-refractivity contribution in [1.29, 1.82) is 0 Å². The Morgan fingerprint density at radius 2 is 1.90 bits per heavy atom. The molecular formula is C14H22ClN3O2S. The first-order valence-corrected chi connectivity index (χ1v) is 8.77. The molecule has 0 spiro atoms. The van der Waals surface area contributed by atoms with Gasteiger partial charge in [-0.3, -0.25) is 0 Å². The lowest BCUT2D eigenvalue weighted by Crippen LogP contribution is -2.44. The summed E-state index contributed by atoms with van der Waals surface area (Å²) >= 11 is 5.94. The van der Waals surface area contributed by atoms with Gasteiger partial charge in [0.2, 0.25) is 10.0 Å². The SMILES string of the molecule is Cc1cc(Cl)c(N)cc1S(=O)(=O)N(C)C1CCN(C)CC1. The van der Waals surface area contributed by atoms with Crippen molar-refractivity contribution in [3.8, 4) is 0 Å². The van der Waals surface area contributed by atoms with Gasteiger partial charge in [0.25, 0.3) is 0 Å². The fourth-order valence-electron chi connectivity index (χ4n) is 2.66. The van der Waals surface area contributed by atoms with Crippen LogP contribution in [0.3, 0.4) is 0 Å². The molecule has 5 nitrogen and oxygen atoms in total. The zero-order chi connectivity index (χ0) is 15.8. The number of hydrogen-bond acceptors (Lipinski definition) is 4. The van der Waals surface area contributed by atoms with Crippen LogP contribution < -0.4 is 5.73 Å². The Hall–Kier alpha value is -0.820. The summed E-state index contributed by atoms with van der Waals surface area (Å²) in [5.41, 5.74) is 6.67. The van der Waals surface area contributed by atoms with Gasteiger partial charge in [0.1, 0.15) is 0 Å². The average molecular weight is 332 g/mol. The Morgan fingerprint density at radius 3 is 2.48 bits per heavy atom. The molecule has 0 aromatic heterocycles. The number of hydrogen-bond donors (Lipinski definition) is 1. The van der Waals surface area contributed by atoms with Crippen molar-refractivity contribution in [3.63, 3.8) is 0 Å². The second-order valence-corrected chi connectivity index (χ2v) is 8.07. The Kier molecular flexibility index (Phi) is 4.82. The van der Waals surface area contributed by atoms with Gasteiger partial charge in [-0.05, 0) is 57.6 Å². The number of halogens is 1. The molecule has 0 aliphatic carbocycles. The van der Waals surface area contributed by atoms with Crippen molar-refractivity contribution in [2.45, 2.75) is 30.7 Å². The largest absolute Gasteiger partial charge is 0.397 e. The molecular weight excluding hydrogens is 310 g/mol. The zero-order valence-corrected chi connectivity index (χ0v) is 14.2. The third-order valence-corrected chi connectivity index (χ3v) is 6.53. The monoisotopic (exact) mass is 331 g/mol. The summed E-state index contributed by atoms with van der Waals surface area (Å²) < 4.78 is 27.1. The van der Waals surface area contributed by atoms with E-state index >= 15 is 0 Å². The van der Waals surface area contributed by atoms with Crippen LogP contribution in [0.1, 0.15) is 18.4 Å². The van der Waals surface area contributed by atoms with Crippen molar-refractivity contribution >= 4 is 27.3 Å². The predicted molar refractivity (Wildman–Crippen MR) is 86.1 cm³/mol. The van der Waals surface area contributed by atoms with E-state index in [0.717, 1.165) is 25.9 Å². The quantitative estimate of drug-likeness (QED) is 0.860. The lowest BCUT2D eigenvalue weighted by Gasteiger charge is -2.34. The zero-order valence-electron chi connectivity index (χ0n) is 12.6. The van der Waals surface area contributed by atoms with E-state index in [1.54, 1.807) is 20.0 Å². The normalized spacial score (nSPS) is 18.3. The van der Waals surface area contributed by atoms with Crippen LogP contribution in [0.25, 0.3) is 0 Å². The molecule has 1 aliphatic rings. The second-order valence-electron chi connectivity index (χ2n) is 5.69. The highest BCUT2D eigenvalue weighted by Crippen LogP contribution is 2.29. The van der Waals surface area contributed by atoms with Gasteiger partial charge in [0, 0.05) is 13.1 Å². The first-order chi connectivity index (χ1) is 9.73. The van der Waals surface area contributed by atoms with Crippen LogP contribution in [0.5, 0.6) is 0 Å². The standard InChI is InChI=1S/C14H22ClN3O2S/c1-10-8-12(15)13(16)9-14(10)21(19,20)18(3)11-4-6-17(2)7-5-11/h8-9,11H,4-7,16H2,1-3H3. The second kappa shape index (κ2) is 6.12. The van der Waals surface area contributed by atoms with Crippen molar-refractivity contribution in [3.05, 3.63) is 22.7 Å². The summed E-state index contributed by atoms with van der Waals surface area (Å²) in [7, 11) is 0.149. The van der Waals surface area contributed by atoms with Crippen LogP contribution in [-0.2, 0) is 10.0 Å². The maximum absolute atomic E-state index is 12.8. The highest BCUT2D eigenvalue weighted by atomic mass is 35.5. The van der Waals surface area contributed by atoms with Crippen LogP contribution in [0, 0.1) is 6.92 Å². The fraction of sp³-hybridized carbons (Fsp3) is 0.571. The van der Waals surface area contributed by atoms with Gasteiger partial charge in [-0.1, -0.05) is 11.6 Å². The Morgan fingerprint density at radius 1 is 1.33 bits per heavy atom. The topological polar surface area (TPSA) is 66.6 Å². The van der Waals surface area contributed by atoms with E-state index in [0.29, 0.717) is 10.6 Å². The average Bonchev–Trinajstić information content (AvgIpc) is 2.42. The van der Waals surface area contributed by atoms with Crippen molar-refractivity contribution < 1.29 is 8.42 Å². The predicted octanol–water partition coefficient (Wildman–Crippen LogP) is 1.95. The number of nitrogens with zero attached hydrogens (tertiary/aromatic N) is 2. The van der Waals surface area contributed by atoms with E-state index in [1.807, 2.05) is 0 Å². The summed E-state index contributed by atoms with van der Waals surface area (Å²) in [6.07, 6.45) is 1.68. The molecule has 21 heavy (non-hydrogen) atoms. The lowest BCUT2D eigenvalue weighted by molar-refractivity contribution is 0.197. The van der Waals surface area contributed by atoms with Gasteiger partial charge in [-0.25, -0.2) is 8.42 Å². The van der Waals surface area contributed by atoms with Crippen LogP contribution in [0.4, 0.5) is 5.69 Å². The van der Waals surface area contributed by atoms with Crippen LogP contribution in [0.15, 0.2) is 17.0 Å². The maximum atomic E-state index is 12.8. The molecule has 2 rings (SSSR count). The van der Waals surface area contributed by atoms with E-state index < -0.39 is 10.0 Å². The van der Waals surface area contributed by atoms with Crippen LogP contribution in [0.2, 0.25) is 5.02 Å². The third kappa shape index (κ3) is 3.34. The molecule has 1 aliphatic heterocycles. The maximum Gasteiger partial charge on any atom is 0.243 e. The van der Waals surface area contributed by atoms with Crippen molar-refractivity contribution in [2.75, 3.05) is 32.9 Å². The van der Waals surface area contributed by atoms with Gasteiger partial charge in [0.05, 0.1) is 15.6 Å². The highest BCUT2D eigenvalue weighted by Gasteiger charge is 2.31. The minimum atomic E-state index is -3.55. The smallest absolute Gasteiger partial charge is 0.243 e. The molecule has 2 N–H and O–H groups in total. The molecule has 0 amide bonds. The Balaban J connectivity index is 2.31. The molecule has 0 radical (unpaired) electrons. The molecule has 118 valence electrons. The van der Waals surface area contributed by atoms with Gasteiger partial charge in [0.15, 0.2) is 0 Å². The first-order valence-electron chi connectivity index (χ1n) is 6.95. The molecule has 0 bridgehead atoms. The van der Waals surface area contributed by atoms with Crippen LogP contribution in [-0.4, -0.2) is 50.8 Å². The number of piperidine rings is 1. The molecule has 0 saturated carbocycles. The number of nitrogen functional groups attached to an aromatic ring is 1. The van der Waals surface area contributed by atoms with E-state index in [-0.39, 0.29) is 16.6 Å². The molecule has 1 aromatic rings. The molecule has 0 atom stereocenters. The number of aryl methyl sites for hydroxylation is 1. The van der Waals surface area contributed by atoms with E-state index in [9.17, 15) is 8.42 Å². The minimum absolute atomic E-state index is 0.0301. The minimum Gasteiger partial charge on any atom is -0.397 e. The lowest BCUT2D eigenvalue weighted by atomic mass is 10.1. The molecule has 1 heterocycles. The molecule has 7 heteroatoms. The molecule has 1 aromatic carbocycles. The molecule has 0 unspecified atom stereocenters. The van der Waals surface area contributed by atoms with Crippen molar-refractivity contribution in [2.24, 2.45) is 0 Å². The van der Waals surface area contributed by atoms with Gasteiger partial charge < -0.3 is 10.6 Å². The van der Waals surface area contributed by atoms with E-state index in [2.05, 4.69) is 11.9 Å². The molecule has 1 fully saturated rings. The summed E-state index contributed by atoms with van der Waals surface area (Å²) in [6, 6.07) is 3.09. The molecule has 1 saturated heterocycles. The summed E-state index contributed by atoms with van der Waals surface area (Å²) in [5.74, 6) is 0. The van der Waals surface area contributed by atoms with Gasteiger partial charge in [-0.15, -0.1) is 0 Å². The third-order valence-electron chi connectivity index (χ3n) is 4.15. The van der Waals surface area contributed by atoms with Gasteiger partial charge in [-0.2, -0.15) is 4.31 Å². The summed E-state index contributed by atoms with van der Waals surface area (Å²) in [6.45, 7) is 3.55. The van der Waals surface area contributed by atoms with E-state index in [4.69, 9.17) is 17.3 Å². The number of sulfonamides is 1. The number of benzene rings is 1. The number of nitrogens with two attached hydrogens (primary N) is 1. The Labute approximate surface area is 131 Å². The fourth-order valence-corrected chi connectivity index (χ4v) is 4.53. The summed E-state index contributed by atoms with van der Waals surface area (Å²) in [5, 5.41) is 0.383. The Bertz CT molecular complexity index is 625. The van der Waals surface area contributed by atoms with Crippen molar-refractivity contribution in [1.82, 2.24) is 9.21 Å². The number of likely N-dealkylation sites (tertiary alicyclic amines) is 1. The number of anilines is 1.